The van der Waals surface area contributed by atoms with E-state index in [1.54, 1.807) is 30.8 Å². The van der Waals surface area contributed by atoms with E-state index in [9.17, 15) is 0 Å². The van der Waals surface area contributed by atoms with Crippen LogP contribution in [0.1, 0.15) is 5.56 Å². The monoisotopic (exact) mass is 341 g/mol. The molecule has 0 saturated carbocycles. The Balaban J connectivity index is 1.86. The van der Waals surface area contributed by atoms with Gasteiger partial charge in [-0.1, -0.05) is 6.07 Å². The van der Waals surface area contributed by atoms with Crippen molar-refractivity contribution in [3.8, 4) is 10.7 Å². The first kappa shape index (κ1) is 16.4. The number of pyridine rings is 2. The van der Waals surface area contributed by atoms with Gasteiger partial charge in [-0.3, -0.25) is 0 Å². The summed E-state index contributed by atoms with van der Waals surface area (Å²) in [6, 6.07) is 7.90. The van der Waals surface area contributed by atoms with Gasteiger partial charge < -0.3 is 15.4 Å². The summed E-state index contributed by atoms with van der Waals surface area (Å²) in [5, 5.41) is 9.26. The fraction of sp³-hybridized carbons (Fsp3) is 0.235. The highest BCUT2D eigenvalue weighted by Crippen LogP contribution is 2.24. The van der Waals surface area contributed by atoms with E-state index in [-0.39, 0.29) is 0 Å². The molecule has 124 valence electrons. The van der Waals surface area contributed by atoms with Gasteiger partial charge in [-0.25, -0.2) is 15.0 Å². The first-order valence-corrected chi connectivity index (χ1v) is 8.47. The van der Waals surface area contributed by atoms with E-state index in [1.165, 1.54) is 0 Å². The number of methoxy groups -OCH3 is 1. The fourth-order valence-corrected chi connectivity index (χ4v) is 2.86. The van der Waals surface area contributed by atoms with Crippen molar-refractivity contribution in [2.75, 3.05) is 31.4 Å². The van der Waals surface area contributed by atoms with Crippen LogP contribution >= 0.6 is 11.3 Å². The Bertz CT molecular complexity index is 791. The molecule has 0 fully saturated rings. The third kappa shape index (κ3) is 3.87. The summed E-state index contributed by atoms with van der Waals surface area (Å²) in [7, 11) is 3.57. The second-order valence-electron chi connectivity index (χ2n) is 5.09. The number of hydrogen-bond donors (Lipinski definition) is 2. The van der Waals surface area contributed by atoms with Crippen LogP contribution in [0.15, 0.2) is 42.0 Å². The lowest BCUT2D eigenvalue weighted by molar-refractivity contribution is 0.202. The number of thiazole rings is 1. The summed E-state index contributed by atoms with van der Waals surface area (Å²) in [5.41, 5.74) is 2.89. The summed E-state index contributed by atoms with van der Waals surface area (Å²) in [4.78, 5) is 13.4. The van der Waals surface area contributed by atoms with Gasteiger partial charge in [0.15, 0.2) is 0 Å². The van der Waals surface area contributed by atoms with E-state index in [0.29, 0.717) is 6.61 Å². The first-order chi connectivity index (χ1) is 11.8. The summed E-state index contributed by atoms with van der Waals surface area (Å²) in [5.74, 6) is 1.53. The van der Waals surface area contributed by atoms with Crippen LogP contribution < -0.4 is 10.6 Å². The smallest absolute Gasteiger partial charge is 0.141 e. The van der Waals surface area contributed by atoms with Gasteiger partial charge in [0.25, 0.3) is 0 Å². The van der Waals surface area contributed by atoms with Crippen molar-refractivity contribution in [3.05, 3.63) is 47.6 Å². The van der Waals surface area contributed by atoms with E-state index >= 15 is 0 Å². The minimum Gasteiger partial charge on any atom is -0.387 e. The average molecular weight is 341 g/mol. The average Bonchev–Trinajstić information content (AvgIpc) is 3.16. The Morgan fingerprint density at radius 2 is 2.17 bits per heavy atom. The Labute approximate surface area is 145 Å². The van der Waals surface area contributed by atoms with Crippen molar-refractivity contribution in [1.82, 2.24) is 15.0 Å². The van der Waals surface area contributed by atoms with E-state index in [2.05, 4.69) is 31.7 Å². The summed E-state index contributed by atoms with van der Waals surface area (Å²) < 4.78 is 5.19. The molecule has 24 heavy (non-hydrogen) atoms. The third-order valence-electron chi connectivity index (χ3n) is 3.48. The zero-order valence-corrected chi connectivity index (χ0v) is 14.4. The fourth-order valence-electron chi connectivity index (χ4n) is 2.26. The minimum atomic E-state index is 0.635. The molecule has 3 aromatic heterocycles. The molecule has 0 aliphatic carbocycles. The van der Waals surface area contributed by atoms with Crippen molar-refractivity contribution in [2.45, 2.75) is 6.42 Å². The standard InChI is InChI=1S/C17H19N5OS/c1-18-13-10-12(6-8-23-2)16(20-11-13)22-15-5-3-4-14(21-15)17-19-7-9-24-17/h3-5,7,9-11,18H,6,8H2,1-2H3,(H,20,21,22). The van der Waals surface area contributed by atoms with Crippen molar-refractivity contribution in [3.63, 3.8) is 0 Å². The van der Waals surface area contributed by atoms with Crippen LogP contribution in [0.25, 0.3) is 10.7 Å². The number of nitrogens with zero attached hydrogens (tertiary/aromatic N) is 3. The predicted octanol–water partition coefficient (Wildman–Crippen LogP) is 3.57. The van der Waals surface area contributed by atoms with Gasteiger partial charge >= 0.3 is 0 Å². The predicted molar refractivity (Wildman–Crippen MR) is 98.0 cm³/mol. The molecule has 0 bridgehead atoms. The normalized spacial score (nSPS) is 10.6. The molecular formula is C17H19N5OS. The maximum Gasteiger partial charge on any atom is 0.141 e. The number of anilines is 3. The van der Waals surface area contributed by atoms with Crippen LogP contribution in [0.2, 0.25) is 0 Å². The maximum absolute atomic E-state index is 5.19. The summed E-state index contributed by atoms with van der Waals surface area (Å²) >= 11 is 1.57. The molecule has 3 aromatic rings. The van der Waals surface area contributed by atoms with Gasteiger partial charge in [-0.2, -0.15) is 0 Å². The Hall–Kier alpha value is -2.51. The molecule has 3 heterocycles. The van der Waals surface area contributed by atoms with Crippen LogP contribution in [-0.4, -0.2) is 35.7 Å². The molecule has 0 amide bonds. The molecule has 0 radical (unpaired) electrons. The van der Waals surface area contributed by atoms with Crippen LogP contribution in [0, 0.1) is 0 Å². The van der Waals surface area contributed by atoms with Gasteiger partial charge in [0.1, 0.15) is 22.3 Å². The Morgan fingerprint density at radius 3 is 2.92 bits per heavy atom. The van der Waals surface area contributed by atoms with Crippen molar-refractivity contribution < 1.29 is 4.74 Å². The highest BCUT2D eigenvalue weighted by atomic mass is 32.1. The number of nitrogens with one attached hydrogen (secondary N) is 2. The Morgan fingerprint density at radius 1 is 1.25 bits per heavy atom. The number of hydrogen-bond acceptors (Lipinski definition) is 7. The molecule has 0 aliphatic rings. The molecule has 0 aliphatic heterocycles. The number of ether oxygens (including phenoxy) is 1. The first-order valence-electron chi connectivity index (χ1n) is 7.59. The van der Waals surface area contributed by atoms with Crippen LogP contribution in [-0.2, 0) is 11.2 Å². The molecule has 0 unspecified atom stereocenters. The van der Waals surface area contributed by atoms with Crippen molar-refractivity contribution >= 4 is 28.7 Å². The van der Waals surface area contributed by atoms with E-state index in [1.807, 2.05) is 30.6 Å². The lowest BCUT2D eigenvalue weighted by Gasteiger charge is -2.12. The lowest BCUT2D eigenvalue weighted by Crippen LogP contribution is -2.05. The molecular weight excluding hydrogens is 322 g/mol. The van der Waals surface area contributed by atoms with Crippen molar-refractivity contribution in [2.24, 2.45) is 0 Å². The summed E-state index contributed by atoms with van der Waals surface area (Å²) in [6.07, 6.45) is 4.35. The zero-order valence-electron chi connectivity index (χ0n) is 13.6. The van der Waals surface area contributed by atoms with E-state index in [0.717, 1.165) is 40.0 Å². The third-order valence-corrected chi connectivity index (χ3v) is 4.27. The van der Waals surface area contributed by atoms with Gasteiger partial charge in [-0.05, 0) is 30.2 Å². The number of aromatic nitrogens is 3. The van der Waals surface area contributed by atoms with E-state index in [4.69, 9.17) is 4.74 Å². The molecule has 7 heteroatoms. The van der Waals surface area contributed by atoms with Crippen LogP contribution in [0.4, 0.5) is 17.3 Å². The minimum absolute atomic E-state index is 0.635. The summed E-state index contributed by atoms with van der Waals surface area (Å²) in [6.45, 7) is 0.635. The quantitative estimate of drug-likeness (QED) is 0.684. The topological polar surface area (TPSA) is 72.0 Å². The van der Waals surface area contributed by atoms with Gasteiger partial charge in [-0.15, -0.1) is 11.3 Å². The molecule has 0 aromatic carbocycles. The highest BCUT2D eigenvalue weighted by Gasteiger charge is 2.08. The molecule has 2 N–H and O–H groups in total. The Kier molecular flexibility index (Phi) is 5.35. The number of rotatable bonds is 7. The molecule has 0 atom stereocenters. The van der Waals surface area contributed by atoms with Crippen LogP contribution in [0.3, 0.4) is 0 Å². The SMILES string of the molecule is CNc1cnc(Nc2cccc(-c3nccs3)n2)c(CCOC)c1. The van der Waals surface area contributed by atoms with Crippen LogP contribution in [0.5, 0.6) is 0 Å². The highest BCUT2D eigenvalue weighted by molar-refractivity contribution is 7.13. The van der Waals surface area contributed by atoms with Gasteiger partial charge in [0.05, 0.1) is 18.5 Å². The lowest BCUT2D eigenvalue weighted by atomic mass is 10.2. The maximum atomic E-state index is 5.19. The van der Waals surface area contributed by atoms with Gasteiger partial charge in [0.2, 0.25) is 0 Å². The molecule has 0 saturated heterocycles. The zero-order chi connectivity index (χ0) is 16.8. The largest absolute Gasteiger partial charge is 0.387 e. The second kappa shape index (κ2) is 7.85. The second-order valence-corrected chi connectivity index (χ2v) is 5.99. The molecule has 6 nitrogen and oxygen atoms in total. The van der Waals surface area contributed by atoms with Gasteiger partial charge in [0, 0.05) is 25.7 Å². The molecule has 0 spiro atoms. The van der Waals surface area contributed by atoms with E-state index < -0.39 is 0 Å². The van der Waals surface area contributed by atoms with Crippen molar-refractivity contribution in [1.29, 1.82) is 0 Å². The molecule has 3 rings (SSSR count).